The zero-order valence-electron chi connectivity index (χ0n) is 23.4. The zero-order valence-corrected chi connectivity index (χ0v) is 25.8. The van der Waals surface area contributed by atoms with E-state index >= 15 is 0 Å². The summed E-state index contributed by atoms with van der Waals surface area (Å²) in [6.45, 7) is 4.57. The second-order valence-corrected chi connectivity index (χ2v) is 12.3. The number of sulfonamides is 1. The van der Waals surface area contributed by atoms with E-state index in [1.807, 2.05) is 12.1 Å². The Morgan fingerprint density at radius 3 is 2.20 bits per heavy atom. The minimum Gasteiger partial charge on any atom is -0.493 e. The zero-order chi connectivity index (χ0) is 30.3. The molecule has 0 saturated heterocycles. The number of halogens is 2. The fourth-order valence-electron chi connectivity index (χ4n) is 4.06. The van der Waals surface area contributed by atoms with Crippen molar-refractivity contribution in [2.75, 3.05) is 25.1 Å². The van der Waals surface area contributed by atoms with Crippen LogP contribution in [0.2, 0.25) is 0 Å². The van der Waals surface area contributed by atoms with Crippen LogP contribution in [0.4, 0.5) is 10.1 Å². The van der Waals surface area contributed by atoms with E-state index in [-0.39, 0.29) is 34.8 Å². The van der Waals surface area contributed by atoms with Gasteiger partial charge in [-0.1, -0.05) is 28.1 Å². The highest BCUT2D eigenvalue weighted by Gasteiger charge is 2.33. The minimum absolute atomic E-state index is 0.0403. The van der Waals surface area contributed by atoms with Crippen LogP contribution in [0.5, 0.6) is 11.5 Å². The molecule has 0 heterocycles. The Morgan fingerprint density at radius 2 is 1.61 bits per heavy atom. The topological polar surface area (TPSA) is 105 Å². The summed E-state index contributed by atoms with van der Waals surface area (Å²) in [4.78, 5) is 28.1. The van der Waals surface area contributed by atoms with Gasteiger partial charge in [-0.05, 0) is 74.9 Å². The summed E-state index contributed by atoms with van der Waals surface area (Å²) in [5.41, 5.74) is 0.796. The fourth-order valence-corrected chi connectivity index (χ4v) is 5.94. The summed E-state index contributed by atoms with van der Waals surface area (Å²) in [7, 11) is -1.58. The molecule has 0 spiro atoms. The monoisotopic (exact) mass is 649 g/mol. The van der Waals surface area contributed by atoms with Crippen molar-refractivity contribution in [2.24, 2.45) is 0 Å². The van der Waals surface area contributed by atoms with Gasteiger partial charge in [-0.15, -0.1) is 0 Å². The number of hydrogen-bond donors (Lipinski definition) is 1. The largest absolute Gasteiger partial charge is 0.493 e. The lowest BCUT2D eigenvalue weighted by Gasteiger charge is -2.32. The third kappa shape index (κ3) is 7.98. The summed E-state index contributed by atoms with van der Waals surface area (Å²) in [5, 5.41) is 2.80. The number of rotatable bonds is 12. The first kappa shape index (κ1) is 31.9. The number of hydrogen-bond acceptors (Lipinski definition) is 6. The smallest absolute Gasteiger partial charge is 0.264 e. The van der Waals surface area contributed by atoms with E-state index in [2.05, 4.69) is 21.2 Å². The normalized spacial score (nSPS) is 12.0. The number of nitrogens with zero attached hydrogens (tertiary/aromatic N) is 2. The van der Waals surface area contributed by atoms with Gasteiger partial charge < -0.3 is 19.7 Å². The highest BCUT2D eigenvalue weighted by atomic mass is 79.9. The van der Waals surface area contributed by atoms with Crippen molar-refractivity contribution in [1.29, 1.82) is 0 Å². The molecule has 12 heteroatoms. The quantitative estimate of drug-likeness (QED) is 0.304. The van der Waals surface area contributed by atoms with Gasteiger partial charge in [-0.25, -0.2) is 12.8 Å². The second kappa shape index (κ2) is 13.8. The van der Waals surface area contributed by atoms with Gasteiger partial charge in [-0.3, -0.25) is 13.9 Å². The van der Waals surface area contributed by atoms with Crippen molar-refractivity contribution >= 4 is 43.5 Å². The minimum atomic E-state index is -4.38. The lowest BCUT2D eigenvalue weighted by Crippen LogP contribution is -2.52. The van der Waals surface area contributed by atoms with Crippen LogP contribution >= 0.6 is 15.9 Å². The van der Waals surface area contributed by atoms with Crippen LogP contribution in [0.15, 0.2) is 76.1 Å². The maximum absolute atomic E-state index is 14.0. The van der Waals surface area contributed by atoms with Gasteiger partial charge >= 0.3 is 0 Å². The number of anilines is 1. The molecule has 0 saturated carbocycles. The van der Waals surface area contributed by atoms with Gasteiger partial charge in [0.25, 0.3) is 10.0 Å². The van der Waals surface area contributed by atoms with Crippen LogP contribution < -0.4 is 19.1 Å². The molecule has 0 aromatic heterocycles. The average molecular weight is 651 g/mol. The van der Waals surface area contributed by atoms with Crippen LogP contribution in [-0.2, 0) is 26.2 Å². The van der Waals surface area contributed by atoms with E-state index in [4.69, 9.17) is 9.47 Å². The van der Waals surface area contributed by atoms with E-state index < -0.39 is 34.3 Å². The molecule has 0 fully saturated rings. The Hall–Kier alpha value is -3.64. The highest BCUT2D eigenvalue weighted by molar-refractivity contribution is 9.10. The Kier molecular flexibility index (Phi) is 10.7. The molecule has 0 bridgehead atoms. The van der Waals surface area contributed by atoms with E-state index in [1.54, 1.807) is 32.9 Å². The van der Waals surface area contributed by atoms with Gasteiger partial charge in [0.05, 0.1) is 24.8 Å². The van der Waals surface area contributed by atoms with Gasteiger partial charge in [0.2, 0.25) is 11.8 Å². The Balaban J connectivity index is 2.07. The molecule has 3 rings (SSSR count). The molecule has 9 nitrogen and oxygen atoms in total. The molecule has 0 aliphatic rings. The van der Waals surface area contributed by atoms with Crippen molar-refractivity contribution in [3.8, 4) is 11.5 Å². The number of nitrogens with one attached hydrogen (secondary N) is 1. The van der Waals surface area contributed by atoms with E-state index in [9.17, 15) is 22.4 Å². The second-order valence-electron chi connectivity index (χ2n) is 9.50. The molecule has 0 aliphatic carbocycles. The van der Waals surface area contributed by atoms with Crippen LogP contribution in [-0.4, -0.2) is 58.0 Å². The fraction of sp³-hybridized carbons (Fsp3) is 0.310. The first-order valence-electron chi connectivity index (χ1n) is 12.7. The van der Waals surface area contributed by atoms with Crippen molar-refractivity contribution in [3.05, 3.63) is 82.6 Å². The number of ether oxygens (including phenoxy) is 2. The maximum Gasteiger partial charge on any atom is 0.264 e. The molecule has 0 aliphatic heterocycles. The first-order chi connectivity index (χ1) is 19.4. The van der Waals surface area contributed by atoms with Crippen molar-refractivity contribution < 1.29 is 31.9 Å². The van der Waals surface area contributed by atoms with E-state index in [0.717, 1.165) is 26.5 Å². The predicted octanol–water partition coefficient (Wildman–Crippen LogP) is 4.74. The summed E-state index contributed by atoms with van der Waals surface area (Å²) < 4.78 is 53.9. The Morgan fingerprint density at radius 1 is 0.951 bits per heavy atom. The first-order valence-corrected chi connectivity index (χ1v) is 14.9. The molecule has 1 atom stereocenters. The lowest BCUT2D eigenvalue weighted by molar-refractivity contribution is -0.139. The molecule has 1 N–H and O–H groups in total. The van der Waals surface area contributed by atoms with Crippen LogP contribution in [0.1, 0.15) is 26.3 Å². The number of benzene rings is 3. The van der Waals surface area contributed by atoms with Crippen LogP contribution in [0.3, 0.4) is 0 Å². The maximum atomic E-state index is 14.0. The summed E-state index contributed by atoms with van der Waals surface area (Å²) in [6.07, 6.45) is 0. The number of methoxy groups -OCH3 is 2. The van der Waals surface area contributed by atoms with Crippen molar-refractivity contribution in [3.63, 3.8) is 0 Å². The SMILES string of the molecule is COc1ccc(S(=O)(=O)N(CC(=O)N(Cc2cccc(Br)c2)C(C)C(=O)NC(C)C)c2ccc(F)cc2)cc1OC. The summed E-state index contributed by atoms with van der Waals surface area (Å²) in [6, 6.07) is 15.0. The molecule has 41 heavy (non-hydrogen) atoms. The molecule has 3 aromatic carbocycles. The molecule has 3 aromatic rings. The summed E-state index contributed by atoms with van der Waals surface area (Å²) >= 11 is 3.42. The van der Waals surface area contributed by atoms with Gasteiger partial charge in [0.1, 0.15) is 18.4 Å². The van der Waals surface area contributed by atoms with E-state index in [1.165, 1.54) is 49.5 Å². The number of carbonyl (C=O) groups excluding carboxylic acids is 2. The lowest BCUT2D eigenvalue weighted by atomic mass is 10.1. The number of carbonyl (C=O) groups is 2. The molecule has 2 amide bonds. The standard InChI is InChI=1S/C29H33BrFN3O6S/c1-19(2)32-29(36)20(3)33(17-21-7-6-8-22(30)15-21)28(35)18-34(24-11-9-23(31)10-12-24)41(37,38)25-13-14-26(39-4)27(16-25)40-5/h6-16,19-20H,17-18H2,1-5H3,(H,32,36). The van der Waals surface area contributed by atoms with Gasteiger partial charge in [0.15, 0.2) is 11.5 Å². The highest BCUT2D eigenvalue weighted by Crippen LogP contribution is 2.32. The van der Waals surface area contributed by atoms with Gasteiger partial charge in [0, 0.05) is 23.1 Å². The van der Waals surface area contributed by atoms with Gasteiger partial charge in [-0.2, -0.15) is 0 Å². The Labute approximate surface area is 248 Å². The molecule has 1 unspecified atom stereocenters. The molecular weight excluding hydrogens is 617 g/mol. The van der Waals surface area contributed by atoms with E-state index in [0.29, 0.717) is 5.75 Å². The number of amides is 2. The molecule has 220 valence electrons. The third-order valence-corrected chi connectivity index (χ3v) is 8.44. The van der Waals surface area contributed by atoms with Crippen molar-refractivity contribution in [1.82, 2.24) is 10.2 Å². The third-order valence-electron chi connectivity index (χ3n) is 6.18. The molecular formula is C29H33BrFN3O6S. The average Bonchev–Trinajstić information content (AvgIpc) is 2.93. The Bertz CT molecular complexity index is 1480. The molecule has 0 radical (unpaired) electrons. The summed E-state index contributed by atoms with van der Waals surface area (Å²) in [5.74, 6) is -1.10. The van der Waals surface area contributed by atoms with Crippen LogP contribution in [0.25, 0.3) is 0 Å². The predicted molar refractivity (Wildman–Crippen MR) is 158 cm³/mol. The van der Waals surface area contributed by atoms with Crippen molar-refractivity contribution in [2.45, 2.75) is 44.3 Å². The van der Waals surface area contributed by atoms with Crippen LogP contribution in [0, 0.1) is 5.82 Å².